The number of hydrogen-bond donors (Lipinski definition) is 1. The summed E-state index contributed by atoms with van der Waals surface area (Å²) in [5, 5.41) is 3.01. The highest BCUT2D eigenvalue weighted by atomic mass is 79.9. The van der Waals surface area contributed by atoms with Crippen molar-refractivity contribution in [3.05, 3.63) is 22.1 Å². The van der Waals surface area contributed by atoms with Crippen LogP contribution in [0.4, 0.5) is 0 Å². The first-order chi connectivity index (χ1) is 8.37. The van der Waals surface area contributed by atoms with E-state index in [2.05, 4.69) is 21.2 Å². The molecule has 1 aromatic rings. The minimum atomic E-state index is -0.172. The van der Waals surface area contributed by atoms with E-state index in [0.29, 0.717) is 17.0 Å². The Kier molecular flexibility index (Phi) is 3.82. The molecular weight excluding hydrogens is 298 g/mol. The third-order valence-electron chi connectivity index (χ3n) is 3.13. The molecule has 0 saturated carbocycles. The van der Waals surface area contributed by atoms with Gasteiger partial charge in [0.2, 0.25) is 0 Å². The van der Waals surface area contributed by atoms with Gasteiger partial charge in [0.1, 0.15) is 0 Å². The Morgan fingerprint density at radius 2 is 2.28 bits per heavy atom. The number of amides is 1. The van der Waals surface area contributed by atoms with Crippen LogP contribution in [-0.4, -0.2) is 24.2 Å². The first-order valence-electron chi connectivity index (χ1n) is 6.08. The van der Waals surface area contributed by atoms with Crippen LogP contribution in [0.1, 0.15) is 42.8 Å². The number of furan rings is 1. The zero-order chi connectivity index (χ0) is 13.3. The van der Waals surface area contributed by atoms with Crippen LogP contribution in [0.2, 0.25) is 0 Å². The highest BCUT2D eigenvalue weighted by Gasteiger charge is 2.30. The van der Waals surface area contributed by atoms with E-state index in [0.717, 1.165) is 18.4 Å². The molecule has 1 fully saturated rings. The van der Waals surface area contributed by atoms with Crippen molar-refractivity contribution in [3.63, 3.8) is 0 Å². The molecule has 1 saturated heterocycles. The maximum absolute atomic E-state index is 12.1. The predicted molar refractivity (Wildman–Crippen MR) is 71.7 cm³/mol. The van der Waals surface area contributed by atoms with Crippen LogP contribution < -0.4 is 5.32 Å². The van der Waals surface area contributed by atoms with Crippen molar-refractivity contribution < 1.29 is 13.9 Å². The van der Waals surface area contributed by atoms with Gasteiger partial charge in [0, 0.05) is 18.2 Å². The first-order valence-corrected chi connectivity index (χ1v) is 6.87. The lowest BCUT2D eigenvalue weighted by molar-refractivity contribution is -0.0616. The number of carbonyl (C=O) groups excluding carboxylic acids is 1. The third-order valence-corrected chi connectivity index (χ3v) is 3.52. The fourth-order valence-electron chi connectivity index (χ4n) is 2.27. The molecule has 2 heterocycles. The summed E-state index contributed by atoms with van der Waals surface area (Å²) in [7, 11) is 0. The number of rotatable bonds is 2. The van der Waals surface area contributed by atoms with Crippen molar-refractivity contribution in [1.29, 1.82) is 0 Å². The molecule has 5 heteroatoms. The molecule has 0 aliphatic carbocycles. The van der Waals surface area contributed by atoms with Gasteiger partial charge in [0.05, 0.1) is 5.60 Å². The average Bonchev–Trinajstić information content (AvgIpc) is 2.56. The standard InChI is InChI=1S/C13H18BrNO3/c1-8-6-10(14)18-11(8)12(16)15-9-4-5-17-13(2,3)7-9/h6,9H,4-5,7H2,1-3H3,(H,15,16). The smallest absolute Gasteiger partial charge is 0.287 e. The summed E-state index contributed by atoms with van der Waals surface area (Å²) in [4.78, 5) is 12.1. The van der Waals surface area contributed by atoms with E-state index in [9.17, 15) is 4.79 Å². The molecule has 18 heavy (non-hydrogen) atoms. The molecule has 1 aliphatic heterocycles. The van der Waals surface area contributed by atoms with Crippen LogP contribution in [0.3, 0.4) is 0 Å². The number of ether oxygens (including phenoxy) is 1. The Morgan fingerprint density at radius 3 is 2.83 bits per heavy atom. The maximum atomic E-state index is 12.1. The van der Waals surface area contributed by atoms with Crippen molar-refractivity contribution in [2.75, 3.05) is 6.61 Å². The van der Waals surface area contributed by atoms with E-state index in [1.54, 1.807) is 6.07 Å². The van der Waals surface area contributed by atoms with Gasteiger partial charge in [-0.1, -0.05) is 0 Å². The largest absolute Gasteiger partial charge is 0.444 e. The summed E-state index contributed by atoms with van der Waals surface area (Å²) in [6.07, 6.45) is 1.66. The first kappa shape index (κ1) is 13.6. The number of nitrogens with one attached hydrogen (secondary N) is 1. The predicted octanol–water partition coefficient (Wildman–Crippen LogP) is 3.04. The van der Waals surface area contributed by atoms with Gasteiger partial charge in [-0.05, 0) is 55.6 Å². The van der Waals surface area contributed by atoms with Gasteiger partial charge >= 0.3 is 0 Å². The molecule has 1 aliphatic rings. The highest BCUT2D eigenvalue weighted by molar-refractivity contribution is 9.10. The molecule has 0 spiro atoms. The van der Waals surface area contributed by atoms with Gasteiger partial charge in [-0.2, -0.15) is 0 Å². The number of halogens is 1. The summed E-state index contributed by atoms with van der Waals surface area (Å²) in [6, 6.07) is 1.94. The SMILES string of the molecule is Cc1cc(Br)oc1C(=O)NC1CCOC(C)(C)C1. The van der Waals surface area contributed by atoms with Gasteiger partial charge in [-0.25, -0.2) is 0 Å². The molecule has 0 bridgehead atoms. The summed E-state index contributed by atoms with van der Waals surface area (Å²) >= 11 is 3.23. The molecule has 1 aromatic heterocycles. The van der Waals surface area contributed by atoms with E-state index < -0.39 is 0 Å². The van der Waals surface area contributed by atoms with Gasteiger partial charge in [-0.15, -0.1) is 0 Å². The van der Waals surface area contributed by atoms with Gasteiger partial charge in [0.25, 0.3) is 5.91 Å². The number of carbonyl (C=O) groups is 1. The van der Waals surface area contributed by atoms with E-state index >= 15 is 0 Å². The zero-order valence-corrected chi connectivity index (χ0v) is 12.5. The molecular formula is C13H18BrNO3. The minimum Gasteiger partial charge on any atom is -0.444 e. The Hall–Kier alpha value is -0.810. The lowest BCUT2D eigenvalue weighted by atomic mass is 9.94. The summed E-state index contributed by atoms with van der Waals surface area (Å²) in [6.45, 7) is 6.62. The average molecular weight is 316 g/mol. The molecule has 1 unspecified atom stereocenters. The van der Waals surface area contributed by atoms with E-state index in [1.807, 2.05) is 20.8 Å². The molecule has 0 radical (unpaired) electrons. The molecule has 100 valence electrons. The molecule has 1 N–H and O–H groups in total. The van der Waals surface area contributed by atoms with Gasteiger partial charge in [0.15, 0.2) is 10.4 Å². The summed E-state index contributed by atoms with van der Waals surface area (Å²) in [5.74, 6) is 0.229. The van der Waals surface area contributed by atoms with Gasteiger partial charge < -0.3 is 14.5 Å². The highest BCUT2D eigenvalue weighted by Crippen LogP contribution is 2.25. The van der Waals surface area contributed by atoms with Crippen LogP contribution in [0.15, 0.2) is 15.2 Å². The van der Waals surface area contributed by atoms with Crippen LogP contribution in [0.25, 0.3) is 0 Å². The normalized spacial score (nSPS) is 22.8. The van der Waals surface area contributed by atoms with Crippen LogP contribution >= 0.6 is 15.9 Å². The third kappa shape index (κ3) is 3.14. The van der Waals surface area contributed by atoms with Gasteiger partial charge in [-0.3, -0.25) is 4.79 Å². The van der Waals surface area contributed by atoms with Crippen LogP contribution in [-0.2, 0) is 4.74 Å². The van der Waals surface area contributed by atoms with Crippen LogP contribution in [0.5, 0.6) is 0 Å². The monoisotopic (exact) mass is 315 g/mol. The second-order valence-electron chi connectivity index (χ2n) is 5.33. The summed E-state index contributed by atoms with van der Waals surface area (Å²) < 4.78 is 11.6. The number of aryl methyl sites for hydroxylation is 1. The Bertz CT molecular complexity index is 453. The molecule has 4 nitrogen and oxygen atoms in total. The Labute approximate surface area is 115 Å². The van der Waals surface area contributed by atoms with Crippen LogP contribution in [0, 0.1) is 6.92 Å². The van der Waals surface area contributed by atoms with Crippen molar-refractivity contribution in [1.82, 2.24) is 5.32 Å². The lowest BCUT2D eigenvalue weighted by Gasteiger charge is -2.35. The topological polar surface area (TPSA) is 51.5 Å². The molecule has 1 amide bonds. The summed E-state index contributed by atoms with van der Waals surface area (Å²) in [5.41, 5.74) is 0.667. The van der Waals surface area contributed by atoms with Crippen molar-refractivity contribution in [2.24, 2.45) is 0 Å². The van der Waals surface area contributed by atoms with E-state index in [4.69, 9.17) is 9.15 Å². The Balaban J connectivity index is 2.01. The van der Waals surface area contributed by atoms with E-state index in [1.165, 1.54) is 0 Å². The molecule has 0 aromatic carbocycles. The Morgan fingerprint density at radius 1 is 1.56 bits per heavy atom. The maximum Gasteiger partial charge on any atom is 0.287 e. The number of hydrogen-bond acceptors (Lipinski definition) is 3. The second-order valence-corrected chi connectivity index (χ2v) is 6.12. The fourth-order valence-corrected chi connectivity index (χ4v) is 2.78. The minimum absolute atomic E-state index is 0.143. The van der Waals surface area contributed by atoms with Crippen molar-refractivity contribution in [3.8, 4) is 0 Å². The fraction of sp³-hybridized carbons (Fsp3) is 0.615. The quantitative estimate of drug-likeness (QED) is 0.912. The zero-order valence-electron chi connectivity index (χ0n) is 10.9. The molecule has 1 atom stereocenters. The molecule has 2 rings (SSSR count). The van der Waals surface area contributed by atoms with E-state index in [-0.39, 0.29) is 17.6 Å². The van der Waals surface area contributed by atoms with Crippen molar-refractivity contribution in [2.45, 2.75) is 45.3 Å². The van der Waals surface area contributed by atoms with Crippen molar-refractivity contribution >= 4 is 21.8 Å². The lowest BCUT2D eigenvalue weighted by Crippen LogP contribution is -2.45. The second kappa shape index (κ2) is 5.05.